The van der Waals surface area contributed by atoms with E-state index in [0.29, 0.717) is 39.3 Å². The second kappa shape index (κ2) is 9.13. The number of hydrogen-bond donors (Lipinski definition) is 2. The Morgan fingerprint density at radius 1 is 0.867 bits per heavy atom. The Morgan fingerprint density at radius 2 is 1.33 bits per heavy atom. The molecule has 0 unspecified atom stereocenters. The van der Waals surface area contributed by atoms with Crippen LogP contribution >= 0.6 is 0 Å². The van der Waals surface area contributed by atoms with Gasteiger partial charge in [-0.2, -0.15) is 0 Å². The SMILES string of the molecule is NCC(N)(CCOB1OCc2cc(F)ccc21)CCOB1OCc2cc(F)ccc21. The van der Waals surface area contributed by atoms with Gasteiger partial charge in [-0.25, -0.2) is 8.78 Å². The molecule has 30 heavy (non-hydrogen) atoms. The van der Waals surface area contributed by atoms with Gasteiger partial charge in [-0.3, -0.25) is 0 Å². The average Bonchev–Trinajstić information content (AvgIpc) is 3.31. The van der Waals surface area contributed by atoms with Crippen molar-refractivity contribution in [3.8, 4) is 0 Å². The minimum atomic E-state index is -0.672. The molecule has 0 saturated carbocycles. The summed E-state index contributed by atoms with van der Waals surface area (Å²) in [5, 5.41) is 0. The number of rotatable bonds is 9. The van der Waals surface area contributed by atoms with E-state index in [-0.39, 0.29) is 18.2 Å². The molecule has 0 amide bonds. The zero-order chi connectivity index (χ0) is 21.1. The van der Waals surface area contributed by atoms with Gasteiger partial charge in [-0.05, 0) is 59.2 Å². The van der Waals surface area contributed by atoms with Gasteiger partial charge in [0.1, 0.15) is 11.6 Å². The Balaban J connectivity index is 1.24. The van der Waals surface area contributed by atoms with Gasteiger partial charge in [0, 0.05) is 25.3 Å². The molecule has 0 aliphatic carbocycles. The first-order valence-corrected chi connectivity index (χ1v) is 9.99. The van der Waals surface area contributed by atoms with Crippen LogP contribution in [-0.4, -0.2) is 39.5 Å². The molecule has 0 bridgehead atoms. The molecule has 2 aromatic rings. The van der Waals surface area contributed by atoms with E-state index in [1.807, 2.05) is 0 Å². The Labute approximate surface area is 175 Å². The van der Waals surface area contributed by atoms with Gasteiger partial charge in [0.2, 0.25) is 0 Å². The van der Waals surface area contributed by atoms with E-state index in [2.05, 4.69) is 0 Å². The Kier molecular flexibility index (Phi) is 6.52. The summed E-state index contributed by atoms with van der Waals surface area (Å²) < 4.78 is 49.4. The van der Waals surface area contributed by atoms with Crippen LogP contribution < -0.4 is 22.4 Å². The van der Waals surface area contributed by atoms with Crippen molar-refractivity contribution in [2.75, 3.05) is 19.8 Å². The summed E-state index contributed by atoms with van der Waals surface area (Å²) in [5.41, 5.74) is 14.9. The first kappa shape index (κ1) is 21.4. The molecule has 2 aliphatic rings. The normalized spacial score (nSPS) is 15.6. The number of benzene rings is 2. The van der Waals surface area contributed by atoms with E-state index in [1.165, 1.54) is 24.3 Å². The highest BCUT2D eigenvalue weighted by Crippen LogP contribution is 2.17. The number of hydrogen-bond acceptors (Lipinski definition) is 6. The molecule has 0 saturated heterocycles. The van der Waals surface area contributed by atoms with Gasteiger partial charge in [0.05, 0.1) is 13.2 Å². The van der Waals surface area contributed by atoms with Gasteiger partial charge in [-0.1, -0.05) is 12.1 Å². The fourth-order valence-electron chi connectivity index (χ4n) is 3.71. The summed E-state index contributed by atoms with van der Waals surface area (Å²) in [5.74, 6) is -0.581. The fourth-order valence-corrected chi connectivity index (χ4v) is 3.71. The maximum Gasteiger partial charge on any atom is 0.494 e. The lowest BCUT2D eigenvalue weighted by molar-refractivity contribution is 0.166. The lowest BCUT2D eigenvalue weighted by Crippen LogP contribution is -2.50. The molecule has 6 nitrogen and oxygen atoms in total. The van der Waals surface area contributed by atoms with E-state index in [9.17, 15) is 8.78 Å². The molecule has 0 fully saturated rings. The van der Waals surface area contributed by atoms with E-state index >= 15 is 0 Å². The molecule has 2 aromatic carbocycles. The Hall–Kier alpha value is -1.81. The predicted octanol–water partition coefficient (Wildman–Crippen LogP) is 0.585. The van der Waals surface area contributed by atoms with Crippen LogP contribution in [0.25, 0.3) is 0 Å². The first-order chi connectivity index (χ1) is 14.5. The van der Waals surface area contributed by atoms with E-state index in [4.69, 9.17) is 30.1 Å². The van der Waals surface area contributed by atoms with Crippen molar-refractivity contribution >= 4 is 25.2 Å². The van der Waals surface area contributed by atoms with E-state index in [0.717, 1.165) is 22.1 Å². The molecular weight excluding hydrogens is 392 g/mol. The lowest BCUT2D eigenvalue weighted by atomic mass is 9.78. The van der Waals surface area contributed by atoms with E-state index < -0.39 is 19.8 Å². The van der Waals surface area contributed by atoms with Crippen LogP contribution in [0, 0.1) is 11.6 Å². The van der Waals surface area contributed by atoms with Gasteiger partial charge in [-0.15, -0.1) is 0 Å². The standard InChI is InChI=1S/C20H24B2F2N2O4/c23-16-1-3-18-14(9-16)11-29-21(18)27-7-5-20(26,13-25)6-8-28-22-19-4-2-17(24)10-15(19)12-30-22/h1-4,9-10H,5-8,11-13,25-26H2. The zero-order valence-corrected chi connectivity index (χ0v) is 16.6. The maximum atomic E-state index is 13.3. The van der Waals surface area contributed by atoms with E-state index in [1.54, 1.807) is 12.1 Å². The summed E-state index contributed by atoms with van der Waals surface area (Å²) in [4.78, 5) is 0. The molecular formula is C20H24B2F2N2O4. The van der Waals surface area contributed by atoms with Crippen molar-refractivity contribution in [1.29, 1.82) is 0 Å². The Bertz CT molecular complexity index is 838. The molecule has 2 heterocycles. The monoisotopic (exact) mass is 416 g/mol. The summed E-state index contributed by atoms with van der Waals surface area (Å²) in [7, 11) is -1.05. The van der Waals surface area contributed by atoms with Crippen molar-refractivity contribution < 1.29 is 27.4 Å². The fraction of sp³-hybridized carbons (Fsp3) is 0.400. The lowest BCUT2D eigenvalue weighted by Gasteiger charge is -2.28. The maximum absolute atomic E-state index is 13.3. The summed E-state index contributed by atoms with van der Waals surface area (Å²) in [6.07, 6.45) is 1.02. The van der Waals surface area contributed by atoms with Crippen LogP contribution in [0.5, 0.6) is 0 Å². The molecule has 4 rings (SSSR count). The van der Waals surface area contributed by atoms with Gasteiger partial charge in [0.15, 0.2) is 0 Å². The minimum absolute atomic E-state index is 0.264. The topological polar surface area (TPSA) is 89.0 Å². The number of nitrogens with two attached hydrogens (primary N) is 2. The largest absolute Gasteiger partial charge is 0.494 e. The summed E-state index contributed by atoms with van der Waals surface area (Å²) >= 11 is 0. The molecule has 0 spiro atoms. The first-order valence-electron chi connectivity index (χ1n) is 9.99. The predicted molar refractivity (Wildman–Crippen MR) is 110 cm³/mol. The van der Waals surface area contributed by atoms with Crippen molar-refractivity contribution in [2.24, 2.45) is 11.5 Å². The van der Waals surface area contributed by atoms with Crippen LogP contribution in [0.1, 0.15) is 24.0 Å². The van der Waals surface area contributed by atoms with Gasteiger partial charge < -0.3 is 30.1 Å². The second-order valence-corrected chi connectivity index (χ2v) is 7.78. The number of halogens is 2. The number of fused-ring (bicyclic) bond motifs is 2. The van der Waals surface area contributed by atoms with Gasteiger partial charge >= 0.3 is 14.2 Å². The van der Waals surface area contributed by atoms with Crippen molar-refractivity contribution in [3.63, 3.8) is 0 Å². The van der Waals surface area contributed by atoms with Crippen molar-refractivity contribution in [2.45, 2.75) is 31.6 Å². The summed E-state index contributed by atoms with van der Waals surface area (Å²) in [6.45, 7) is 1.60. The van der Waals surface area contributed by atoms with Crippen molar-refractivity contribution in [3.05, 3.63) is 59.2 Å². The molecule has 0 atom stereocenters. The van der Waals surface area contributed by atoms with Crippen molar-refractivity contribution in [1.82, 2.24) is 0 Å². The van der Waals surface area contributed by atoms with Crippen LogP contribution in [0.15, 0.2) is 36.4 Å². The molecule has 158 valence electrons. The Morgan fingerprint density at radius 3 is 1.77 bits per heavy atom. The highest BCUT2D eigenvalue weighted by Gasteiger charge is 2.34. The molecule has 10 heteroatoms. The smallest absolute Gasteiger partial charge is 0.407 e. The molecule has 2 aliphatic heterocycles. The summed E-state index contributed by atoms with van der Waals surface area (Å²) in [6, 6.07) is 9.07. The zero-order valence-electron chi connectivity index (χ0n) is 16.6. The second-order valence-electron chi connectivity index (χ2n) is 7.78. The third-order valence-corrected chi connectivity index (χ3v) is 5.64. The molecule has 4 N–H and O–H groups in total. The third-order valence-electron chi connectivity index (χ3n) is 5.64. The minimum Gasteiger partial charge on any atom is -0.407 e. The van der Waals surface area contributed by atoms with Crippen LogP contribution in [0.3, 0.4) is 0 Å². The van der Waals surface area contributed by atoms with Crippen LogP contribution in [0.4, 0.5) is 8.78 Å². The quantitative estimate of drug-likeness (QED) is 0.582. The average molecular weight is 416 g/mol. The highest BCUT2D eigenvalue weighted by molar-refractivity contribution is 6.63. The molecule has 0 aromatic heterocycles. The third kappa shape index (κ3) is 4.74. The van der Waals surface area contributed by atoms with Crippen LogP contribution in [0.2, 0.25) is 0 Å². The van der Waals surface area contributed by atoms with Crippen LogP contribution in [-0.2, 0) is 31.8 Å². The van der Waals surface area contributed by atoms with Gasteiger partial charge in [0.25, 0.3) is 0 Å². The molecule has 0 radical (unpaired) electrons. The highest BCUT2D eigenvalue weighted by atomic mass is 19.1.